The van der Waals surface area contributed by atoms with Crippen LogP contribution in [0, 0.1) is 5.82 Å². The highest BCUT2D eigenvalue weighted by Crippen LogP contribution is 2.30. The van der Waals surface area contributed by atoms with Crippen molar-refractivity contribution in [3.8, 4) is 5.69 Å². The molecule has 1 atom stereocenters. The largest absolute Gasteiger partial charge is 0.468 e. The third-order valence-electron chi connectivity index (χ3n) is 3.49. The van der Waals surface area contributed by atoms with Gasteiger partial charge in [-0.2, -0.15) is 5.10 Å². The van der Waals surface area contributed by atoms with Gasteiger partial charge in [-0.1, -0.05) is 18.7 Å². The lowest BCUT2D eigenvalue weighted by atomic mass is 10.3. The van der Waals surface area contributed by atoms with Crippen LogP contribution in [0.15, 0.2) is 41.8 Å². The Hall–Kier alpha value is -2.48. The second-order valence-electron chi connectivity index (χ2n) is 4.99. The quantitative estimate of drug-likeness (QED) is 0.402. The number of rotatable bonds is 5. The predicted molar refractivity (Wildman–Crippen MR) is 88.6 cm³/mol. The van der Waals surface area contributed by atoms with Crippen LogP contribution in [0.3, 0.4) is 0 Å². The third kappa shape index (κ3) is 3.09. The zero-order valence-electron chi connectivity index (χ0n) is 13.1. The molecule has 0 spiro atoms. The number of thioether (sulfide) groups is 1. The third-order valence-corrected chi connectivity index (χ3v) is 4.85. The molecule has 0 aliphatic rings. The van der Waals surface area contributed by atoms with Crippen LogP contribution in [0.2, 0.25) is 0 Å². The zero-order chi connectivity index (χ0) is 17.1. The minimum absolute atomic E-state index is 0.291. The summed E-state index contributed by atoms with van der Waals surface area (Å²) in [7, 11) is 1.37. The van der Waals surface area contributed by atoms with Crippen molar-refractivity contribution in [1.82, 2.24) is 19.7 Å². The molecule has 0 fully saturated rings. The van der Waals surface area contributed by atoms with Crippen molar-refractivity contribution in [2.45, 2.75) is 23.6 Å². The van der Waals surface area contributed by atoms with E-state index >= 15 is 0 Å². The summed E-state index contributed by atoms with van der Waals surface area (Å²) in [5, 5.41) is 5.36. The number of esters is 1. The van der Waals surface area contributed by atoms with Gasteiger partial charge in [0, 0.05) is 0 Å². The molecule has 2 aromatic heterocycles. The topological polar surface area (TPSA) is 69.9 Å². The molecule has 0 aliphatic carbocycles. The highest BCUT2D eigenvalue weighted by atomic mass is 32.2. The SMILES string of the molecule is CC[C@@H](Sc1ncnc2c1cnn2-c1ccc(F)cc1)C(=O)OC. The molecule has 3 aromatic rings. The average molecular weight is 346 g/mol. The van der Waals surface area contributed by atoms with Crippen LogP contribution in [0.4, 0.5) is 4.39 Å². The standard InChI is InChI=1S/C16H15FN4O2S/c1-3-13(16(22)23-2)24-15-12-8-20-21(14(12)18-9-19-15)11-6-4-10(17)5-7-11/h4-9,13H,3H2,1-2H3/t13-/m1/s1. The number of nitrogens with zero attached hydrogens (tertiary/aromatic N) is 4. The molecular weight excluding hydrogens is 331 g/mol. The number of benzene rings is 1. The molecule has 3 rings (SSSR count). The molecule has 0 radical (unpaired) electrons. The molecule has 124 valence electrons. The van der Waals surface area contributed by atoms with Gasteiger partial charge in [-0.25, -0.2) is 19.0 Å². The normalized spacial score (nSPS) is 12.3. The minimum atomic E-state index is -0.345. The first-order valence-electron chi connectivity index (χ1n) is 7.33. The first-order valence-corrected chi connectivity index (χ1v) is 8.21. The Morgan fingerprint density at radius 2 is 2.08 bits per heavy atom. The van der Waals surface area contributed by atoms with E-state index in [9.17, 15) is 9.18 Å². The fourth-order valence-electron chi connectivity index (χ4n) is 2.25. The molecule has 8 heteroatoms. The summed E-state index contributed by atoms with van der Waals surface area (Å²) < 4.78 is 19.5. The second-order valence-corrected chi connectivity index (χ2v) is 6.18. The fourth-order valence-corrected chi connectivity index (χ4v) is 3.26. The van der Waals surface area contributed by atoms with Crippen LogP contribution in [-0.2, 0) is 9.53 Å². The maximum absolute atomic E-state index is 13.1. The van der Waals surface area contributed by atoms with Gasteiger partial charge in [0.05, 0.1) is 24.4 Å². The van der Waals surface area contributed by atoms with Gasteiger partial charge in [-0.05, 0) is 30.7 Å². The van der Waals surface area contributed by atoms with Gasteiger partial charge in [0.25, 0.3) is 0 Å². The van der Waals surface area contributed by atoms with E-state index in [-0.39, 0.29) is 17.0 Å². The molecule has 1 aromatic carbocycles. The summed E-state index contributed by atoms with van der Waals surface area (Å²) in [6.07, 6.45) is 3.69. The van der Waals surface area contributed by atoms with E-state index in [0.717, 1.165) is 5.39 Å². The number of aromatic nitrogens is 4. The number of fused-ring (bicyclic) bond motifs is 1. The van der Waals surface area contributed by atoms with E-state index in [4.69, 9.17) is 4.74 Å². The van der Waals surface area contributed by atoms with Gasteiger partial charge < -0.3 is 4.74 Å². The summed E-state index contributed by atoms with van der Waals surface area (Å²) in [5.74, 6) is -0.606. The van der Waals surface area contributed by atoms with E-state index in [1.165, 1.54) is 37.3 Å². The van der Waals surface area contributed by atoms with Crippen molar-refractivity contribution in [2.24, 2.45) is 0 Å². The second kappa shape index (κ2) is 6.96. The van der Waals surface area contributed by atoms with Crippen molar-refractivity contribution in [2.75, 3.05) is 7.11 Å². The van der Waals surface area contributed by atoms with Gasteiger partial charge in [-0.3, -0.25) is 4.79 Å². The molecule has 0 bridgehead atoms. The summed E-state index contributed by atoms with van der Waals surface area (Å²) in [6.45, 7) is 1.91. The van der Waals surface area contributed by atoms with E-state index < -0.39 is 0 Å². The predicted octanol–water partition coefficient (Wildman–Crippen LogP) is 3.00. The number of carbonyl (C=O) groups excluding carboxylic acids is 1. The maximum atomic E-state index is 13.1. The number of carbonyl (C=O) groups is 1. The van der Waals surface area contributed by atoms with Crippen molar-refractivity contribution >= 4 is 28.8 Å². The van der Waals surface area contributed by atoms with Crippen LogP contribution < -0.4 is 0 Å². The van der Waals surface area contributed by atoms with E-state index in [1.54, 1.807) is 23.0 Å². The van der Waals surface area contributed by atoms with Crippen molar-refractivity contribution in [1.29, 1.82) is 0 Å². The molecule has 0 unspecified atom stereocenters. The van der Waals surface area contributed by atoms with Crippen LogP contribution >= 0.6 is 11.8 Å². The fraction of sp³-hybridized carbons (Fsp3) is 0.250. The molecule has 0 saturated heterocycles. The lowest BCUT2D eigenvalue weighted by Gasteiger charge is -2.11. The van der Waals surface area contributed by atoms with Crippen molar-refractivity contribution in [3.63, 3.8) is 0 Å². The molecule has 6 nitrogen and oxygen atoms in total. The number of ether oxygens (including phenoxy) is 1. The maximum Gasteiger partial charge on any atom is 0.319 e. The molecule has 0 amide bonds. The highest BCUT2D eigenvalue weighted by Gasteiger charge is 2.21. The monoisotopic (exact) mass is 346 g/mol. The average Bonchev–Trinajstić information content (AvgIpc) is 3.04. The van der Waals surface area contributed by atoms with Crippen molar-refractivity contribution < 1.29 is 13.9 Å². The summed E-state index contributed by atoms with van der Waals surface area (Å²) in [5.41, 5.74) is 1.29. The van der Waals surface area contributed by atoms with Gasteiger partial charge in [0.2, 0.25) is 0 Å². The van der Waals surface area contributed by atoms with E-state index in [0.29, 0.717) is 22.8 Å². The summed E-state index contributed by atoms with van der Waals surface area (Å²) in [4.78, 5) is 20.3. The van der Waals surface area contributed by atoms with Gasteiger partial charge >= 0.3 is 5.97 Å². The Kier molecular flexibility index (Phi) is 4.75. The Morgan fingerprint density at radius 1 is 1.33 bits per heavy atom. The highest BCUT2D eigenvalue weighted by molar-refractivity contribution is 8.00. The Balaban J connectivity index is 2.00. The summed E-state index contributed by atoms with van der Waals surface area (Å²) in [6, 6.07) is 5.98. The van der Waals surface area contributed by atoms with E-state index in [2.05, 4.69) is 15.1 Å². The molecule has 2 heterocycles. The first kappa shape index (κ1) is 16.4. The van der Waals surface area contributed by atoms with E-state index in [1.807, 2.05) is 6.92 Å². The number of hydrogen-bond donors (Lipinski definition) is 0. The van der Waals surface area contributed by atoms with Crippen LogP contribution in [0.1, 0.15) is 13.3 Å². The van der Waals surface area contributed by atoms with Gasteiger partial charge in [-0.15, -0.1) is 0 Å². The lowest BCUT2D eigenvalue weighted by Crippen LogP contribution is -2.17. The van der Waals surface area contributed by atoms with Crippen molar-refractivity contribution in [3.05, 3.63) is 42.6 Å². The zero-order valence-corrected chi connectivity index (χ0v) is 14.0. The lowest BCUT2D eigenvalue weighted by molar-refractivity contribution is -0.140. The van der Waals surface area contributed by atoms with Gasteiger partial charge in [0.1, 0.15) is 22.4 Å². The first-order chi connectivity index (χ1) is 11.6. The molecule has 0 saturated carbocycles. The molecule has 0 N–H and O–H groups in total. The summed E-state index contributed by atoms with van der Waals surface area (Å²) >= 11 is 1.32. The Bertz CT molecular complexity index is 866. The number of hydrogen-bond acceptors (Lipinski definition) is 6. The Labute approximate surface area is 142 Å². The molecule has 24 heavy (non-hydrogen) atoms. The van der Waals surface area contributed by atoms with Crippen LogP contribution in [-0.4, -0.2) is 38.1 Å². The minimum Gasteiger partial charge on any atom is -0.468 e. The van der Waals surface area contributed by atoms with Gasteiger partial charge in [0.15, 0.2) is 5.65 Å². The Morgan fingerprint density at radius 3 is 2.75 bits per heavy atom. The molecular formula is C16H15FN4O2S. The number of methoxy groups -OCH3 is 1. The van der Waals surface area contributed by atoms with Crippen LogP contribution in [0.5, 0.6) is 0 Å². The molecule has 0 aliphatic heterocycles. The smallest absolute Gasteiger partial charge is 0.319 e. The number of halogens is 1. The van der Waals surface area contributed by atoms with Crippen LogP contribution in [0.25, 0.3) is 16.7 Å².